The lowest BCUT2D eigenvalue weighted by molar-refractivity contribution is -0.128. The van der Waals surface area contributed by atoms with E-state index in [9.17, 15) is 9.59 Å². The number of hydrogen-bond donors (Lipinski definition) is 1. The van der Waals surface area contributed by atoms with Crippen molar-refractivity contribution in [1.29, 1.82) is 0 Å². The lowest BCUT2D eigenvalue weighted by Crippen LogP contribution is -2.30. The Balaban J connectivity index is 1.53. The summed E-state index contributed by atoms with van der Waals surface area (Å²) >= 11 is 0. The van der Waals surface area contributed by atoms with Gasteiger partial charge in [-0.1, -0.05) is 30.3 Å². The Labute approximate surface area is 147 Å². The van der Waals surface area contributed by atoms with Gasteiger partial charge in [0.25, 0.3) is 0 Å². The molecule has 25 heavy (non-hydrogen) atoms. The van der Waals surface area contributed by atoms with Gasteiger partial charge in [-0.3, -0.25) is 9.59 Å². The van der Waals surface area contributed by atoms with Crippen LogP contribution in [0.4, 0.5) is 5.69 Å². The van der Waals surface area contributed by atoms with Crippen LogP contribution in [0.15, 0.2) is 54.6 Å². The molecule has 1 N–H and O–H groups in total. The number of ether oxygens (including phenoxy) is 1. The molecule has 2 aromatic carbocycles. The van der Waals surface area contributed by atoms with Crippen molar-refractivity contribution in [3.05, 3.63) is 60.2 Å². The van der Waals surface area contributed by atoms with Crippen LogP contribution in [0.2, 0.25) is 0 Å². The Kier molecular flexibility index (Phi) is 5.33. The number of amides is 2. The maximum absolute atomic E-state index is 12.4. The van der Waals surface area contributed by atoms with Crippen LogP contribution in [0.5, 0.6) is 5.75 Å². The highest BCUT2D eigenvalue weighted by Crippen LogP contribution is 2.21. The summed E-state index contributed by atoms with van der Waals surface area (Å²) in [6, 6.07) is 17.2. The standard InChI is InChI=1S/C20H22N2O3/c1-25-18-9-7-17(8-10-18)21-20(24)16-13-19(23)22(14-16)12-11-15-5-3-2-4-6-15/h2-10,16H,11-14H2,1H3,(H,21,24). The molecule has 1 saturated heterocycles. The van der Waals surface area contributed by atoms with Crippen LogP contribution in [-0.2, 0) is 16.0 Å². The Morgan fingerprint density at radius 2 is 1.88 bits per heavy atom. The number of hydrogen-bond acceptors (Lipinski definition) is 3. The van der Waals surface area contributed by atoms with Crippen molar-refractivity contribution in [3.63, 3.8) is 0 Å². The van der Waals surface area contributed by atoms with Crippen molar-refractivity contribution in [1.82, 2.24) is 4.90 Å². The molecule has 1 fully saturated rings. The average molecular weight is 338 g/mol. The maximum atomic E-state index is 12.4. The summed E-state index contributed by atoms with van der Waals surface area (Å²) in [5.41, 5.74) is 1.91. The lowest BCUT2D eigenvalue weighted by atomic mass is 10.1. The van der Waals surface area contributed by atoms with Crippen LogP contribution >= 0.6 is 0 Å². The SMILES string of the molecule is COc1ccc(NC(=O)C2CC(=O)N(CCc3ccccc3)C2)cc1. The summed E-state index contributed by atoms with van der Waals surface area (Å²) < 4.78 is 5.10. The van der Waals surface area contributed by atoms with Crippen LogP contribution in [-0.4, -0.2) is 36.9 Å². The van der Waals surface area contributed by atoms with Gasteiger partial charge in [-0.2, -0.15) is 0 Å². The van der Waals surface area contributed by atoms with Crippen molar-refractivity contribution in [3.8, 4) is 5.75 Å². The predicted molar refractivity (Wildman–Crippen MR) is 96.5 cm³/mol. The van der Waals surface area contributed by atoms with Crippen molar-refractivity contribution in [2.24, 2.45) is 5.92 Å². The first-order valence-electron chi connectivity index (χ1n) is 8.42. The Hall–Kier alpha value is -2.82. The molecule has 1 atom stereocenters. The van der Waals surface area contributed by atoms with Gasteiger partial charge in [0.1, 0.15) is 5.75 Å². The molecular formula is C20H22N2O3. The molecule has 5 nitrogen and oxygen atoms in total. The summed E-state index contributed by atoms with van der Waals surface area (Å²) in [5, 5.41) is 2.88. The fourth-order valence-corrected chi connectivity index (χ4v) is 2.99. The van der Waals surface area contributed by atoms with E-state index in [1.165, 1.54) is 5.56 Å². The number of methoxy groups -OCH3 is 1. The van der Waals surface area contributed by atoms with E-state index in [-0.39, 0.29) is 24.2 Å². The van der Waals surface area contributed by atoms with E-state index >= 15 is 0 Å². The van der Waals surface area contributed by atoms with Crippen LogP contribution in [0.3, 0.4) is 0 Å². The second-order valence-corrected chi connectivity index (χ2v) is 6.19. The van der Waals surface area contributed by atoms with Crippen LogP contribution < -0.4 is 10.1 Å². The number of nitrogens with zero attached hydrogens (tertiary/aromatic N) is 1. The van der Waals surface area contributed by atoms with E-state index in [1.54, 1.807) is 36.3 Å². The van der Waals surface area contributed by atoms with Crippen LogP contribution in [0.25, 0.3) is 0 Å². The number of anilines is 1. The van der Waals surface area contributed by atoms with Crippen LogP contribution in [0.1, 0.15) is 12.0 Å². The third-order valence-electron chi connectivity index (χ3n) is 4.46. The molecule has 2 aromatic rings. The number of benzene rings is 2. The van der Waals surface area contributed by atoms with Gasteiger partial charge in [-0.25, -0.2) is 0 Å². The Morgan fingerprint density at radius 3 is 2.56 bits per heavy atom. The summed E-state index contributed by atoms with van der Waals surface area (Å²) in [5.74, 6) is 0.373. The van der Waals surface area contributed by atoms with E-state index < -0.39 is 0 Å². The Morgan fingerprint density at radius 1 is 1.16 bits per heavy atom. The summed E-state index contributed by atoms with van der Waals surface area (Å²) in [7, 11) is 1.60. The van der Waals surface area contributed by atoms with Crippen LogP contribution in [0, 0.1) is 5.92 Å². The van der Waals surface area contributed by atoms with E-state index in [1.807, 2.05) is 18.2 Å². The highest BCUT2D eigenvalue weighted by molar-refractivity contribution is 5.97. The molecule has 3 rings (SSSR count). The van der Waals surface area contributed by atoms with Gasteiger partial charge < -0.3 is 15.0 Å². The van der Waals surface area contributed by atoms with Gasteiger partial charge in [-0.15, -0.1) is 0 Å². The third kappa shape index (κ3) is 4.38. The van der Waals surface area contributed by atoms with Gasteiger partial charge in [0.2, 0.25) is 11.8 Å². The van der Waals surface area contributed by atoms with Gasteiger partial charge in [0.05, 0.1) is 13.0 Å². The summed E-state index contributed by atoms with van der Waals surface area (Å²) in [4.78, 5) is 26.4. The van der Waals surface area contributed by atoms with E-state index in [0.717, 1.165) is 12.2 Å². The zero-order valence-electron chi connectivity index (χ0n) is 14.3. The minimum atomic E-state index is -0.301. The highest BCUT2D eigenvalue weighted by Gasteiger charge is 2.33. The van der Waals surface area contributed by atoms with E-state index in [4.69, 9.17) is 4.74 Å². The second-order valence-electron chi connectivity index (χ2n) is 6.19. The van der Waals surface area contributed by atoms with Gasteiger partial charge >= 0.3 is 0 Å². The molecule has 1 heterocycles. The fourth-order valence-electron chi connectivity index (χ4n) is 2.99. The number of rotatable bonds is 6. The molecule has 0 saturated carbocycles. The normalized spacial score (nSPS) is 16.8. The highest BCUT2D eigenvalue weighted by atomic mass is 16.5. The monoisotopic (exact) mass is 338 g/mol. The van der Waals surface area contributed by atoms with Crippen molar-refractivity contribution in [2.45, 2.75) is 12.8 Å². The summed E-state index contributed by atoms with van der Waals surface area (Å²) in [6.45, 7) is 1.13. The molecule has 1 unspecified atom stereocenters. The number of carbonyl (C=O) groups is 2. The largest absolute Gasteiger partial charge is 0.497 e. The van der Waals surface area contributed by atoms with E-state index in [0.29, 0.717) is 18.8 Å². The quantitative estimate of drug-likeness (QED) is 0.881. The van der Waals surface area contributed by atoms with Crippen molar-refractivity contribution < 1.29 is 14.3 Å². The first-order valence-corrected chi connectivity index (χ1v) is 8.42. The number of carbonyl (C=O) groups excluding carboxylic acids is 2. The topological polar surface area (TPSA) is 58.6 Å². The Bertz CT molecular complexity index is 728. The molecule has 130 valence electrons. The van der Waals surface area contributed by atoms with Crippen molar-refractivity contribution >= 4 is 17.5 Å². The smallest absolute Gasteiger partial charge is 0.229 e. The maximum Gasteiger partial charge on any atom is 0.229 e. The third-order valence-corrected chi connectivity index (χ3v) is 4.46. The van der Waals surface area contributed by atoms with Gasteiger partial charge in [0.15, 0.2) is 0 Å². The van der Waals surface area contributed by atoms with Gasteiger partial charge in [-0.05, 0) is 36.2 Å². The minimum Gasteiger partial charge on any atom is -0.497 e. The summed E-state index contributed by atoms with van der Waals surface area (Å²) in [6.07, 6.45) is 1.08. The second kappa shape index (κ2) is 7.83. The molecule has 0 bridgehead atoms. The zero-order valence-corrected chi connectivity index (χ0v) is 14.3. The molecule has 1 aliphatic heterocycles. The molecule has 0 aromatic heterocycles. The molecule has 0 spiro atoms. The lowest BCUT2D eigenvalue weighted by Gasteiger charge is -2.16. The zero-order chi connectivity index (χ0) is 17.6. The molecule has 0 radical (unpaired) electrons. The molecule has 2 amide bonds. The van der Waals surface area contributed by atoms with Crippen molar-refractivity contribution in [2.75, 3.05) is 25.5 Å². The molecule has 0 aliphatic carbocycles. The first-order chi connectivity index (χ1) is 12.2. The minimum absolute atomic E-state index is 0.0470. The first kappa shape index (κ1) is 17.0. The molecular weight excluding hydrogens is 316 g/mol. The molecule has 5 heteroatoms. The number of nitrogens with one attached hydrogen (secondary N) is 1. The average Bonchev–Trinajstić information content (AvgIpc) is 3.02. The van der Waals surface area contributed by atoms with E-state index in [2.05, 4.69) is 17.4 Å². The molecule has 1 aliphatic rings. The van der Waals surface area contributed by atoms with Gasteiger partial charge in [0, 0.05) is 25.2 Å². The number of likely N-dealkylation sites (tertiary alicyclic amines) is 1. The predicted octanol–water partition coefficient (Wildman–Crippen LogP) is 2.72. The fraction of sp³-hybridized carbons (Fsp3) is 0.300.